The molecular weight excluding hydrogens is 255 g/mol. The van der Waals surface area contributed by atoms with E-state index in [4.69, 9.17) is 22.5 Å². The van der Waals surface area contributed by atoms with Gasteiger partial charge in [0.2, 0.25) is 0 Å². The van der Waals surface area contributed by atoms with E-state index in [1.54, 1.807) is 24.3 Å². The molecule has 0 bridgehead atoms. The first-order chi connectivity index (χ1) is 8.63. The minimum atomic E-state index is -0.496. The van der Waals surface area contributed by atoms with Crippen LogP contribution in [0.1, 0.15) is 11.1 Å². The van der Waals surface area contributed by atoms with Crippen molar-refractivity contribution in [3.63, 3.8) is 0 Å². The lowest BCUT2D eigenvalue weighted by Crippen LogP contribution is -2.09. The zero-order valence-corrected chi connectivity index (χ0v) is 10.0. The topological polar surface area (TPSA) is 58.6 Å². The lowest BCUT2D eigenvalue weighted by molar-refractivity contribution is 0.319. The van der Waals surface area contributed by atoms with Gasteiger partial charge in [-0.3, -0.25) is 0 Å². The van der Waals surface area contributed by atoms with Crippen LogP contribution in [-0.4, -0.2) is 10.9 Å². The van der Waals surface area contributed by atoms with Gasteiger partial charge in [0, 0.05) is 21.8 Å². The molecule has 0 saturated carbocycles. The Bertz CT molecular complexity index is 614. The van der Waals surface area contributed by atoms with Gasteiger partial charge in [0.05, 0.1) is 0 Å². The summed E-state index contributed by atoms with van der Waals surface area (Å²) in [5.74, 6) is -0.496. The first kappa shape index (κ1) is 12.4. The summed E-state index contributed by atoms with van der Waals surface area (Å²) in [4.78, 5) is 0. The molecule has 0 spiro atoms. The molecule has 3 nitrogen and oxygen atoms in total. The summed E-state index contributed by atoms with van der Waals surface area (Å²) >= 11 is 5.86. The van der Waals surface area contributed by atoms with Gasteiger partial charge in [0.25, 0.3) is 0 Å². The van der Waals surface area contributed by atoms with Gasteiger partial charge in [-0.05, 0) is 30.3 Å². The second kappa shape index (κ2) is 5.06. The molecule has 0 saturated heterocycles. The van der Waals surface area contributed by atoms with Gasteiger partial charge in [-0.25, -0.2) is 4.39 Å². The highest BCUT2D eigenvalue weighted by Gasteiger charge is 2.15. The highest BCUT2D eigenvalue weighted by molar-refractivity contribution is 6.31. The van der Waals surface area contributed by atoms with Crippen molar-refractivity contribution in [1.29, 1.82) is 0 Å². The second-order valence-corrected chi connectivity index (χ2v) is 4.10. The van der Waals surface area contributed by atoms with Gasteiger partial charge >= 0.3 is 0 Å². The van der Waals surface area contributed by atoms with E-state index in [9.17, 15) is 4.39 Å². The zero-order chi connectivity index (χ0) is 13.1. The summed E-state index contributed by atoms with van der Waals surface area (Å²) in [6, 6.07) is 10.7. The SMILES string of the molecule is Nc1ccc(Cl)cc1/C(=N\O)c1ccccc1F. The van der Waals surface area contributed by atoms with Crippen LogP contribution in [-0.2, 0) is 0 Å². The minimum Gasteiger partial charge on any atom is -0.410 e. The Morgan fingerprint density at radius 1 is 1.17 bits per heavy atom. The fourth-order valence-corrected chi connectivity index (χ4v) is 1.81. The van der Waals surface area contributed by atoms with Crippen LogP contribution in [0.25, 0.3) is 0 Å². The van der Waals surface area contributed by atoms with Crippen molar-refractivity contribution in [1.82, 2.24) is 0 Å². The van der Waals surface area contributed by atoms with Gasteiger partial charge in [0.1, 0.15) is 11.5 Å². The highest BCUT2D eigenvalue weighted by Crippen LogP contribution is 2.22. The fraction of sp³-hybridized carbons (Fsp3) is 0. The summed E-state index contributed by atoms with van der Waals surface area (Å²) < 4.78 is 13.7. The van der Waals surface area contributed by atoms with Gasteiger partial charge in [-0.1, -0.05) is 28.9 Å². The maximum absolute atomic E-state index is 13.7. The monoisotopic (exact) mass is 264 g/mol. The van der Waals surface area contributed by atoms with Crippen molar-refractivity contribution in [2.24, 2.45) is 5.16 Å². The molecule has 18 heavy (non-hydrogen) atoms. The lowest BCUT2D eigenvalue weighted by atomic mass is 10.0. The Labute approximate surface area is 108 Å². The minimum absolute atomic E-state index is 0.0492. The summed E-state index contributed by atoms with van der Waals surface area (Å²) in [6.07, 6.45) is 0. The zero-order valence-electron chi connectivity index (χ0n) is 9.27. The Morgan fingerprint density at radius 2 is 1.89 bits per heavy atom. The molecule has 0 radical (unpaired) electrons. The van der Waals surface area contributed by atoms with Gasteiger partial charge in [0.15, 0.2) is 0 Å². The molecule has 5 heteroatoms. The summed E-state index contributed by atoms with van der Waals surface area (Å²) in [5, 5.41) is 12.7. The van der Waals surface area contributed by atoms with E-state index in [1.807, 2.05) is 0 Å². The molecule has 92 valence electrons. The van der Waals surface area contributed by atoms with E-state index in [2.05, 4.69) is 5.16 Å². The lowest BCUT2D eigenvalue weighted by Gasteiger charge is -2.09. The van der Waals surface area contributed by atoms with Crippen molar-refractivity contribution in [2.45, 2.75) is 0 Å². The number of nitrogens with zero attached hydrogens (tertiary/aromatic N) is 1. The third-order valence-corrected chi connectivity index (χ3v) is 2.73. The third kappa shape index (κ3) is 2.28. The van der Waals surface area contributed by atoms with Crippen molar-refractivity contribution < 1.29 is 9.60 Å². The number of oxime groups is 1. The van der Waals surface area contributed by atoms with Crippen molar-refractivity contribution in [3.8, 4) is 0 Å². The molecule has 0 unspecified atom stereocenters. The molecule has 2 aromatic rings. The molecule has 0 aliphatic rings. The molecular formula is C13H10ClFN2O. The molecule has 2 rings (SSSR count). The fourth-order valence-electron chi connectivity index (χ4n) is 1.64. The number of nitrogens with two attached hydrogens (primary N) is 1. The number of anilines is 1. The molecule has 0 atom stereocenters. The normalized spacial score (nSPS) is 11.6. The van der Waals surface area contributed by atoms with E-state index in [1.165, 1.54) is 18.2 Å². The number of benzene rings is 2. The first-order valence-electron chi connectivity index (χ1n) is 5.16. The quantitative estimate of drug-likeness (QED) is 0.378. The second-order valence-electron chi connectivity index (χ2n) is 3.66. The number of hydrogen-bond acceptors (Lipinski definition) is 3. The molecule has 3 N–H and O–H groups in total. The van der Waals surface area contributed by atoms with E-state index < -0.39 is 5.82 Å². The number of rotatable bonds is 2. The Hall–Kier alpha value is -2.07. The molecule has 0 fully saturated rings. The van der Waals surface area contributed by atoms with Crippen LogP contribution in [0.15, 0.2) is 47.6 Å². The molecule has 0 aromatic heterocycles. The summed E-state index contributed by atoms with van der Waals surface area (Å²) in [7, 11) is 0. The van der Waals surface area contributed by atoms with Crippen LogP contribution in [0.5, 0.6) is 0 Å². The Morgan fingerprint density at radius 3 is 2.56 bits per heavy atom. The van der Waals surface area contributed by atoms with Crippen LogP contribution in [0, 0.1) is 5.82 Å². The summed E-state index contributed by atoms with van der Waals surface area (Å²) in [6.45, 7) is 0. The smallest absolute Gasteiger partial charge is 0.132 e. The van der Waals surface area contributed by atoms with Crippen LogP contribution in [0.2, 0.25) is 5.02 Å². The van der Waals surface area contributed by atoms with Crippen molar-refractivity contribution >= 4 is 23.0 Å². The Balaban J connectivity index is 2.60. The van der Waals surface area contributed by atoms with Crippen LogP contribution in [0.3, 0.4) is 0 Å². The van der Waals surface area contributed by atoms with Crippen molar-refractivity contribution in [3.05, 3.63) is 64.4 Å². The van der Waals surface area contributed by atoms with Gasteiger partial charge < -0.3 is 10.9 Å². The highest BCUT2D eigenvalue weighted by atomic mass is 35.5. The maximum Gasteiger partial charge on any atom is 0.132 e. The van der Waals surface area contributed by atoms with Gasteiger partial charge in [-0.15, -0.1) is 0 Å². The van der Waals surface area contributed by atoms with E-state index in [-0.39, 0.29) is 11.3 Å². The van der Waals surface area contributed by atoms with Crippen molar-refractivity contribution in [2.75, 3.05) is 5.73 Å². The summed E-state index contributed by atoms with van der Waals surface area (Å²) in [5.41, 5.74) is 6.73. The molecule has 2 aromatic carbocycles. The predicted octanol–water partition coefficient (Wildman–Crippen LogP) is 3.29. The molecule has 0 aliphatic heterocycles. The van der Waals surface area contributed by atoms with Crippen LogP contribution in [0.4, 0.5) is 10.1 Å². The third-order valence-electron chi connectivity index (χ3n) is 2.50. The standard InChI is InChI=1S/C13H10ClFN2O/c14-8-5-6-12(16)10(7-8)13(17-18)9-3-1-2-4-11(9)15/h1-7,18H,16H2/b17-13-. The molecule has 0 aliphatic carbocycles. The number of halogens is 2. The first-order valence-corrected chi connectivity index (χ1v) is 5.53. The van der Waals surface area contributed by atoms with E-state index in [0.717, 1.165) is 0 Å². The maximum atomic E-state index is 13.7. The average molecular weight is 265 g/mol. The average Bonchev–Trinajstić information content (AvgIpc) is 2.36. The predicted molar refractivity (Wildman–Crippen MR) is 69.7 cm³/mol. The number of hydrogen-bond donors (Lipinski definition) is 2. The van der Waals surface area contributed by atoms with E-state index in [0.29, 0.717) is 16.3 Å². The van der Waals surface area contributed by atoms with Crippen LogP contribution >= 0.6 is 11.6 Å². The number of nitrogen functional groups attached to an aromatic ring is 1. The largest absolute Gasteiger partial charge is 0.410 e. The Kier molecular flexibility index (Phi) is 3.48. The van der Waals surface area contributed by atoms with Gasteiger partial charge in [-0.2, -0.15) is 0 Å². The molecule has 0 heterocycles. The van der Waals surface area contributed by atoms with Crippen LogP contribution < -0.4 is 5.73 Å². The molecule has 0 amide bonds. The van der Waals surface area contributed by atoms with E-state index >= 15 is 0 Å².